The Morgan fingerprint density at radius 3 is 2.37 bits per heavy atom. The molecule has 2 rings (SSSR count). The van der Waals surface area contributed by atoms with Gasteiger partial charge in [-0.25, -0.2) is 4.39 Å². The third-order valence-corrected chi connectivity index (χ3v) is 3.41. The van der Waals surface area contributed by atoms with Crippen LogP contribution in [0.4, 0.5) is 4.39 Å². The van der Waals surface area contributed by atoms with Crippen molar-refractivity contribution in [1.82, 2.24) is 5.32 Å². The summed E-state index contributed by atoms with van der Waals surface area (Å²) in [4.78, 5) is 0. The number of hydrogen-bond donors (Lipinski definition) is 1. The second-order valence-corrected chi connectivity index (χ2v) is 5.32. The molecule has 1 nitrogen and oxygen atoms in total. The average molecular weight is 298 g/mol. The number of nitrogens with one attached hydrogen (secondary N) is 1. The van der Waals surface area contributed by atoms with Crippen molar-refractivity contribution in [3.63, 3.8) is 0 Å². The Balaban J connectivity index is 2.49. The first-order valence-electron chi connectivity index (χ1n) is 5.90. The molecule has 0 fully saturated rings. The van der Waals surface area contributed by atoms with Crippen molar-refractivity contribution in [3.05, 3.63) is 69.0 Å². The van der Waals surface area contributed by atoms with Crippen LogP contribution in [0.1, 0.15) is 22.7 Å². The van der Waals surface area contributed by atoms with Crippen LogP contribution in [-0.4, -0.2) is 7.05 Å². The molecule has 0 aliphatic rings. The van der Waals surface area contributed by atoms with E-state index >= 15 is 0 Å². The van der Waals surface area contributed by atoms with Crippen LogP contribution in [0.3, 0.4) is 0 Å². The number of halogens is 3. The molecule has 0 aliphatic heterocycles. The Kier molecular flexibility index (Phi) is 4.46. The van der Waals surface area contributed by atoms with Crippen LogP contribution in [-0.2, 0) is 0 Å². The third-order valence-electron chi connectivity index (χ3n) is 2.96. The summed E-state index contributed by atoms with van der Waals surface area (Å²) in [5, 5.41) is 4.14. The lowest BCUT2D eigenvalue weighted by Gasteiger charge is -2.19. The monoisotopic (exact) mass is 297 g/mol. The van der Waals surface area contributed by atoms with Crippen LogP contribution in [0.25, 0.3) is 0 Å². The molecule has 0 saturated carbocycles. The van der Waals surface area contributed by atoms with E-state index in [9.17, 15) is 4.39 Å². The molecule has 4 heteroatoms. The standard InChI is InChI=1S/C15H14Cl2FN/c1-9-5-10(7-12(17)6-9)15(19-2)13-4-3-11(16)8-14(13)18/h3-8,15,19H,1-2H3. The van der Waals surface area contributed by atoms with E-state index in [-0.39, 0.29) is 11.9 Å². The predicted octanol–water partition coefficient (Wildman–Crippen LogP) is 4.75. The molecular weight excluding hydrogens is 284 g/mol. The highest BCUT2D eigenvalue weighted by Gasteiger charge is 2.17. The molecular formula is C15H14Cl2FN. The highest BCUT2D eigenvalue weighted by molar-refractivity contribution is 6.31. The van der Waals surface area contributed by atoms with Gasteiger partial charge >= 0.3 is 0 Å². The summed E-state index contributed by atoms with van der Waals surface area (Å²) in [6.07, 6.45) is 0. The van der Waals surface area contributed by atoms with Crippen molar-refractivity contribution >= 4 is 23.2 Å². The van der Waals surface area contributed by atoms with Crippen LogP contribution >= 0.6 is 23.2 Å². The molecule has 2 aromatic rings. The van der Waals surface area contributed by atoms with Crippen molar-refractivity contribution in [2.75, 3.05) is 7.05 Å². The SMILES string of the molecule is CNC(c1cc(C)cc(Cl)c1)c1ccc(Cl)cc1F. The van der Waals surface area contributed by atoms with E-state index < -0.39 is 0 Å². The number of aryl methyl sites for hydroxylation is 1. The van der Waals surface area contributed by atoms with Gasteiger partial charge in [0.15, 0.2) is 0 Å². The normalized spacial score (nSPS) is 12.5. The second kappa shape index (κ2) is 5.91. The van der Waals surface area contributed by atoms with Crippen LogP contribution in [0.2, 0.25) is 10.0 Å². The van der Waals surface area contributed by atoms with E-state index in [0.717, 1.165) is 11.1 Å². The summed E-state index contributed by atoms with van der Waals surface area (Å²) in [7, 11) is 1.79. The van der Waals surface area contributed by atoms with Crippen molar-refractivity contribution in [3.8, 4) is 0 Å². The molecule has 19 heavy (non-hydrogen) atoms. The molecule has 1 N–H and O–H groups in total. The third kappa shape index (κ3) is 3.27. The first-order chi connectivity index (χ1) is 9.01. The molecule has 0 heterocycles. The van der Waals surface area contributed by atoms with Gasteiger partial charge in [0.05, 0.1) is 6.04 Å². The van der Waals surface area contributed by atoms with Crippen LogP contribution in [0, 0.1) is 12.7 Å². The topological polar surface area (TPSA) is 12.0 Å². The first kappa shape index (κ1) is 14.3. The van der Waals surface area contributed by atoms with Gasteiger partial charge in [-0.3, -0.25) is 0 Å². The van der Waals surface area contributed by atoms with Crippen molar-refractivity contribution in [1.29, 1.82) is 0 Å². The van der Waals surface area contributed by atoms with Crippen LogP contribution < -0.4 is 5.32 Å². The zero-order chi connectivity index (χ0) is 14.0. The van der Waals surface area contributed by atoms with Crippen LogP contribution in [0.5, 0.6) is 0 Å². The van der Waals surface area contributed by atoms with Gasteiger partial charge in [-0.2, -0.15) is 0 Å². The fourth-order valence-electron chi connectivity index (χ4n) is 2.17. The quantitative estimate of drug-likeness (QED) is 0.862. The Hall–Kier alpha value is -1.09. The Bertz CT molecular complexity index is 578. The van der Waals surface area contributed by atoms with Crippen molar-refractivity contribution < 1.29 is 4.39 Å². The molecule has 0 aromatic heterocycles. The second-order valence-electron chi connectivity index (χ2n) is 4.45. The van der Waals surface area contributed by atoms with Gasteiger partial charge in [-0.1, -0.05) is 35.3 Å². The minimum Gasteiger partial charge on any atom is -0.309 e. The minimum atomic E-state index is -0.329. The fourth-order valence-corrected chi connectivity index (χ4v) is 2.63. The largest absolute Gasteiger partial charge is 0.309 e. The van der Waals surface area contributed by atoms with Gasteiger partial charge in [0.25, 0.3) is 0 Å². The molecule has 2 aromatic carbocycles. The van der Waals surface area contributed by atoms with Gasteiger partial charge in [0.2, 0.25) is 0 Å². The molecule has 1 unspecified atom stereocenters. The lowest BCUT2D eigenvalue weighted by atomic mass is 9.97. The van der Waals surface area contributed by atoms with E-state index in [1.54, 1.807) is 19.2 Å². The Morgan fingerprint density at radius 2 is 1.79 bits per heavy atom. The fraction of sp³-hybridized carbons (Fsp3) is 0.200. The highest BCUT2D eigenvalue weighted by Crippen LogP contribution is 2.28. The van der Waals surface area contributed by atoms with E-state index in [2.05, 4.69) is 5.32 Å². The lowest BCUT2D eigenvalue weighted by molar-refractivity contribution is 0.576. The zero-order valence-electron chi connectivity index (χ0n) is 10.7. The molecule has 0 radical (unpaired) electrons. The summed E-state index contributed by atoms with van der Waals surface area (Å²) >= 11 is 11.8. The maximum absolute atomic E-state index is 14.0. The first-order valence-corrected chi connectivity index (χ1v) is 6.66. The predicted molar refractivity (Wildman–Crippen MR) is 78.5 cm³/mol. The molecule has 0 aliphatic carbocycles. The Morgan fingerprint density at radius 1 is 1.05 bits per heavy atom. The highest BCUT2D eigenvalue weighted by atomic mass is 35.5. The molecule has 0 bridgehead atoms. The average Bonchev–Trinajstić information content (AvgIpc) is 2.31. The number of benzene rings is 2. The van der Waals surface area contributed by atoms with Gasteiger partial charge in [-0.15, -0.1) is 0 Å². The maximum atomic E-state index is 14.0. The minimum absolute atomic E-state index is 0.255. The van der Waals surface area contributed by atoms with Crippen molar-refractivity contribution in [2.24, 2.45) is 0 Å². The van der Waals surface area contributed by atoms with Gasteiger partial charge < -0.3 is 5.32 Å². The zero-order valence-corrected chi connectivity index (χ0v) is 12.2. The molecule has 0 spiro atoms. The molecule has 0 amide bonds. The molecule has 100 valence electrons. The van der Waals surface area contributed by atoms with Crippen LogP contribution in [0.15, 0.2) is 36.4 Å². The number of hydrogen-bond acceptors (Lipinski definition) is 1. The Labute approximate surface area is 122 Å². The van der Waals surface area contributed by atoms with Gasteiger partial charge in [-0.05, 0) is 49.4 Å². The summed E-state index contributed by atoms with van der Waals surface area (Å²) in [5.74, 6) is -0.329. The van der Waals surface area contributed by atoms with E-state index in [4.69, 9.17) is 23.2 Å². The molecule has 0 saturated heterocycles. The maximum Gasteiger partial charge on any atom is 0.129 e. The smallest absolute Gasteiger partial charge is 0.129 e. The summed E-state index contributed by atoms with van der Waals surface area (Å²) in [5.41, 5.74) is 2.51. The summed E-state index contributed by atoms with van der Waals surface area (Å²) in [6, 6.07) is 10.1. The van der Waals surface area contributed by atoms with E-state index in [0.29, 0.717) is 15.6 Å². The number of rotatable bonds is 3. The van der Waals surface area contributed by atoms with Crippen molar-refractivity contribution in [2.45, 2.75) is 13.0 Å². The lowest BCUT2D eigenvalue weighted by Crippen LogP contribution is -2.19. The summed E-state index contributed by atoms with van der Waals surface area (Å²) < 4.78 is 14.0. The van der Waals surface area contributed by atoms with Gasteiger partial charge in [0.1, 0.15) is 5.82 Å². The molecule has 1 atom stereocenters. The summed E-state index contributed by atoms with van der Waals surface area (Å²) in [6.45, 7) is 1.96. The van der Waals surface area contributed by atoms with E-state index in [1.807, 2.05) is 25.1 Å². The van der Waals surface area contributed by atoms with Gasteiger partial charge in [0, 0.05) is 15.6 Å². The van der Waals surface area contributed by atoms with E-state index in [1.165, 1.54) is 6.07 Å².